The molecule has 2 unspecified atom stereocenters. The summed E-state index contributed by atoms with van der Waals surface area (Å²) >= 11 is 0. The summed E-state index contributed by atoms with van der Waals surface area (Å²) in [5.74, 6) is 0. The summed E-state index contributed by atoms with van der Waals surface area (Å²) < 4.78 is 4.49. The van der Waals surface area contributed by atoms with Gasteiger partial charge in [0.1, 0.15) is 0 Å². The number of aromatic nitrogens is 4. The second kappa shape index (κ2) is 7.76. The molecule has 0 aromatic carbocycles. The first-order chi connectivity index (χ1) is 11.4. The maximum absolute atomic E-state index is 12.7. The van der Waals surface area contributed by atoms with Gasteiger partial charge in [-0.15, -0.1) is 0 Å². The van der Waals surface area contributed by atoms with Crippen LogP contribution in [0.5, 0.6) is 0 Å². The van der Waals surface area contributed by atoms with Crippen molar-refractivity contribution in [3.63, 3.8) is 0 Å². The maximum Gasteiger partial charge on any atom is 0.332 e. The lowest BCUT2D eigenvalue weighted by Gasteiger charge is -2.14. The SMILES string of the molecule is CCCn1c(=O)c2c(ncn2CCCC(O)C(C)O)n(CC)c1=O. The molecular weight excluding hydrogens is 312 g/mol. The minimum absolute atomic E-state index is 0.324. The third-order valence-corrected chi connectivity index (χ3v) is 4.20. The lowest BCUT2D eigenvalue weighted by molar-refractivity contribution is 0.0244. The molecular formula is C16H26N4O4. The number of imidazole rings is 1. The maximum atomic E-state index is 12.7. The summed E-state index contributed by atoms with van der Waals surface area (Å²) in [7, 11) is 0. The van der Waals surface area contributed by atoms with E-state index >= 15 is 0 Å². The van der Waals surface area contributed by atoms with Crippen LogP contribution in [0.4, 0.5) is 0 Å². The van der Waals surface area contributed by atoms with Gasteiger partial charge in [0.25, 0.3) is 5.56 Å². The van der Waals surface area contributed by atoms with Gasteiger partial charge in [0.15, 0.2) is 11.2 Å². The van der Waals surface area contributed by atoms with Crippen LogP contribution in [0.25, 0.3) is 11.2 Å². The fraction of sp³-hybridized carbons (Fsp3) is 0.688. The van der Waals surface area contributed by atoms with Gasteiger partial charge >= 0.3 is 5.69 Å². The Morgan fingerprint density at radius 2 is 1.88 bits per heavy atom. The zero-order valence-corrected chi connectivity index (χ0v) is 14.5. The van der Waals surface area contributed by atoms with Gasteiger partial charge in [-0.25, -0.2) is 9.78 Å². The van der Waals surface area contributed by atoms with Crippen LogP contribution in [0, 0.1) is 0 Å². The highest BCUT2D eigenvalue weighted by Gasteiger charge is 2.17. The molecule has 0 amide bonds. The van der Waals surface area contributed by atoms with Gasteiger partial charge in [0, 0.05) is 19.6 Å². The van der Waals surface area contributed by atoms with E-state index in [0.29, 0.717) is 50.1 Å². The van der Waals surface area contributed by atoms with Gasteiger partial charge in [0.2, 0.25) is 0 Å². The van der Waals surface area contributed by atoms with Gasteiger partial charge < -0.3 is 14.8 Å². The first-order valence-electron chi connectivity index (χ1n) is 8.46. The van der Waals surface area contributed by atoms with E-state index in [2.05, 4.69) is 4.98 Å². The Kier molecular flexibility index (Phi) is 5.95. The largest absolute Gasteiger partial charge is 0.391 e. The van der Waals surface area contributed by atoms with E-state index in [1.165, 1.54) is 9.13 Å². The molecule has 2 N–H and O–H groups in total. The number of hydrogen-bond acceptors (Lipinski definition) is 5. The van der Waals surface area contributed by atoms with Crippen molar-refractivity contribution in [2.45, 2.75) is 71.9 Å². The van der Waals surface area contributed by atoms with E-state index in [1.54, 1.807) is 17.8 Å². The van der Waals surface area contributed by atoms with Crippen molar-refractivity contribution in [1.29, 1.82) is 0 Å². The Labute approximate surface area is 140 Å². The summed E-state index contributed by atoms with van der Waals surface area (Å²) in [6.45, 7) is 6.61. The van der Waals surface area contributed by atoms with E-state index in [4.69, 9.17) is 0 Å². The number of rotatable bonds is 8. The Morgan fingerprint density at radius 3 is 2.46 bits per heavy atom. The first-order valence-corrected chi connectivity index (χ1v) is 8.46. The molecule has 8 nitrogen and oxygen atoms in total. The summed E-state index contributed by atoms with van der Waals surface area (Å²) in [4.78, 5) is 29.4. The van der Waals surface area contributed by atoms with Crippen molar-refractivity contribution in [1.82, 2.24) is 18.7 Å². The van der Waals surface area contributed by atoms with Gasteiger partial charge in [-0.3, -0.25) is 13.9 Å². The van der Waals surface area contributed by atoms with Crippen molar-refractivity contribution >= 4 is 11.2 Å². The normalized spacial score (nSPS) is 14.2. The molecule has 0 aliphatic carbocycles. The van der Waals surface area contributed by atoms with Gasteiger partial charge in [-0.05, 0) is 33.1 Å². The van der Waals surface area contributed by atoms with Crippen LogP contribution in [0.1, 0.15) is 40.0 Å². The summed E-state index contributed by atoms with van der Waals surface area (Å²) in [6.07, 6.45) is 1.70. The smallest absolute Gasteiger partial charge is 0.332 e. The molecule has 2 aromatic rings. The number of fused-ring (bicyclic) bond motifs is 1. The third-order valence-electron chi connectivity index (χ3n) is 4.20. The van der Waals surface area contributed by atoms with Gasteiger partial charge in [-0.1, -0.05) is 6.92 Å². The van der Waals surface area contributed by atoms with Crippen LogP contribution in [0.15, 0.2) is 15.9 Å². The van der Waals surface area contributed by atoms with E-state index in [0.717, 1.165) is 0 Å². The molecule has 134 valence electrons. The zero-order chi connectivity index (χ0) is 17.9. The predicted octanol–water partition coefficient (Wildman–Crippen LogP) is 0.311. The topological polar surface area (TPSA) is 102 Å². The Bertz CT molecular complexity index is 803. The van der Waals surface area contributed by atoms with Crippen molar-refractivity contribution in [3.8, 4) is 0 Å². The van der Waals surface area contributed by atoms with Crippen LogP contribution in [-0.2, 0) is 19.6 Å². The fourth-order valence-corrected chi connectivity index (χ4v) is 2.83. The molecule has 0 radical (unpaired) electrons. The Hall–Kier alpha value is -1.93. The highest BCUT2D eigenvalue weighted by atomic mass is 16.3. The minimum Gasteiger partial charge on any atom is -0.391 e. The molecule has 8 heteroatoms. The fourth-order valence-electron chi connectivity index (χ4n) is 2.83. The van der Waals surface area contributed by atoms with Gasteiger partial charge in [-0.2, -0.15) is 0 Å². The van der Waals surface area contributed by atoms with E-state index in [-0.39, 0.29) is 11.2 Å². The first kappa shape index (κ1) is 18.4. The Balaban J connectivity index is 2.41. The number of aliphatic hydroxyl groups is 2. The van der Waals surface area contributed by atoms with Crippen molar-refractivity contribution in [3.05, 3.63) is 27.2 Å². The van der Waals surface area contributed by atoms with Crippen LogP contribution in [0.3, 0.4) is 0 Å². The van der Waals surface area contributed by atoms with Crippen molar-refractivity contribution in [2.24, 2.45) is 0 Å². The van der Waals surface area contributed by atoms with Crippen LogP contribution >= 0.6 is 0 Å². The quantitative estimate of drug-likeness (QED) is 0.721. The molecule has 2 rings (SSSR count). The molecule has 0 aliphatic rings. The van der Waals surface area contributed by atoms with Crippen molar-refractivity contribution < 1.29 is 10.2 Å². The standard InChI is InChI=1S/C16H26N4O4/c1-4-8-20-15(23)13-14(19(5-2)16(20)24)17-10-18(13)9-6-7-12(22)11(3)21/h10-12,21-22H,4-9H2,1-3H3. The zero-order valence-electron chi connectivity index (χ0n) is 14.5. The molecule has 0 saturated heterocycles. The molecule has 0 spiro atoms. The summed E-state index contributed by atoms with van der Waals surface area (Å²) in [6, 6.07) is 0. The number of hydrogen-bond donors (Lipinski definition) is 2. The average Bonchev–Trinajstić information content (AvgIpc) is 2.95. The van der Waals surface area contributed by atoms with Crippen LogP contribution in [0.2, 0.25) is 0 Å². The monoisotopic (exact) mass is 338 g/mol. The van der Waals surface area contributed by atoms with Crippen LogP contribution < -0.4 is 11.2 Å². The molecule has 0 bridgehead atoms. The second-order valence-electron chi connectivity index (χ2n) is 6.04. The van der Waals surface area contributed by atoms with Crippen molar-refractivity contribution in [2.75, 3.05) is 0 Å². The van der Waals surface area contributed by atoms with Gasteiger partial charge in [0.05, 0.1) is 18.5 Å². The minimum atomic E-state index is -0.787. The molecule has 2 aromatic heterocycles. The van der Waals surface area contributed by atoms with E-state index in [1.807, 2.05) is 13.8 Å². The molecule has 24 heavy (non-hydrogen) atoms. The molecule has 0 aliphatic heterocycles. The van der Waals surface area contributed by atoms with E-state index in [9.17, 15) is 19.8 Å². The molecule has 2 heterocycles. The molecule has 0 saturated carbocycles. The summed E-state index contributed by atoms with van der Waals surface area (Å²) in [5.41, 5.74) is 0.161. The highest BCUT2D eigenvalue weighted by molar-refractivity contribution is 5.70. The lowest BCUT2D eigenvalue weighted by Crippen LogP contribution is -2.40. The average molecular weight is 338 g/mol. The molecule has 0 fully saturated rings. The Morgan fingerprint density at radius 1 is 1.17 bits per heavy atom. The third kappa shape index (κ3) is 3.44. The summed E-state index contributed by atoms with van der Waals surface area (Å²) in [5, 5.41) is 19.0. The highest BCUT2D eigenvalue weighted by Crippen LogP contribution is 2.10. The number of aliphatic hydroxyl groups excluding tert-OH is 2. The predicted molar refractivity (Wildman–Crippen MR) is 91.1 cm³/mol. The second-order valence-corrected chi connectivity index (χ2v) is 6.04. The number of nitrogens with zero attached hydrogens (tertiary/aromatic N) is 4. The molecule has 2 atom stereocenters. The van der Waals surface area contributed by atoms with E-state index < -0.39 is 12.2 Å². The lowest BCUT2D eigenvalue weighted by atomic mass is 10.1. The number of aryl methyl sites for hydroxylation is 2. The van der Waals surface area contributed by atoms with Crippen LogP contribution in [-0.4, -0.2) is 41.1 Å².